The molecule has 1 aliphatic carbocycles. The van der Waals surface area contributed by atoms with E-state index in [4.69, 9.17) is 9.47 Å². The van der Waals surface area contributed by atoms with E-state index in [1.807, 2.05) is 4.90 Å². The van der Waals surface area contributed by atoms with Gasteiger partial charge < -0.3 is 19.7 Å². The molecule has 1 saturated heterocycles. The number of carbonyl (C=O) groups is 2. The maximum absolute atomic E-state index is 13.4. The van der Waals surface area contributed by atoms with Gasteiger partial charge in [-0.15, -0.1) is 0 Å². The van der Waals surface area contributed by atoms with Crippen LogP contribution >= 0.6 is 0 Å². The van der Waals surface area contributed by atoms with Crippen LogP contribution in [0.3, 0.4) is 0 Å². The van der Waals surface area contributed by atoms with Gasteiger partial charge in [0.05, 0.1) is 12.0 Å². The minimum Gasteiger partial charge on any atom is -0.371 e. The molecule has 1 aromatic carbocycles. The predicted octanol–water partition coefficient (Wildman–Crippen LogP) is 1.87. The fourth-order valence-electron chi connectivity index (χ4n) is 4.73. The van der Waals surface area contributed by atoms with Crippen molar-refractivity contribution < 1.29 is 23.5 Å². The molecule has 6 nitrogen and oxygen atoms in total. The van der Waals surface area contributed by atoms with Crippen LogP contribution in [0.15, 0.2) is 35.7 Å². The number of ketones is 2. The van der Waals surface area contributed by atoms with Gasteiger partial charge in [0.15, 0.2) is 11.6 Å². The van der Waals surface area contributed by atoms with Gasteiger partial charge in [-0.05, 0) is 30.7 Å². The van der Waals surface area contributed by atoms with Crippen molar-refractivity contribution in [3.63, 3.8) is 0 Å². The highest BCUT2D eigenvalue weighted by atomic mass is 19.1. The summed E-state index contributed by atoms with van der Waals surface area (Å²) in [5.41, 5.74) is 0.859. The topological polar surface area (TPSA) is 67.9 Å². The summed E-state index contributed by atoms with van der Waals surface area (Å²) in [5, 5.41) is 3.35. The Hall–Kier alpha value is -2.25. The molecule has 2 fully saturated rings. The van der Waals surface area contributed by atoms with E-state index < -0.39 is 17.5 Å². The van der Waals surface area contributed by atoms with Crippen LogP contribution in [-0.4, -0.2) is 55.6 Å². The van der Waals surface area contributed by atoms with Gasteiger partial charge >= 0.3 is 0 Å². The number of benzene rings is 1. The van der Waals surface area contributed by atoms with Crippen LogP contribution in [0.4, 0.5) is 4.39 Å². The van der Waals surface area contributed by atoms with Gasteiger partial charge in [-0.25, -0.2) is 4.39 Å². The lowest BCUT2D eigenvalue weighted by Gasteiger charge is -2.57. The second-order valence-corrected chi connectivity index (χ2v) is 7.22. The van der Waals surface area contributed by atoms with Crippen molar-refractivity contribution in [1.82, 2.24) is 10.2 Å². The van der Waals surface area contributed by atoms with E-state index in [-0.39, 0.29) is 24.0 Å². The lowest BCUT2D eigenvalue weighted by atomic mass is 9.69. The summed E-state index contributed by atoms with van der Waals surface area (Å²) >= 11 is 0. The minimum absolute atomic E-state index is 0.0868. The molecule has 0 unspecified atom stereocenters. The van der Waals surface area contributed by atoms with Gasteiger partial charge in [0.1, 0.15) is 17.4 Å². The Morgan fingerprint density at radius 2 is 1.93 bits per heavy atom. The van der Waals surface area contributed by atoms with E-state index in [9.17, 15) is 14.0 Å². The van der Waals surface area contributed by atoms with Gasteiger partial charge in [-0.2, -0.15) is 0 Å². The van der Waals surface area contributed by atoms with Crippen molar-refractivity contribution in [2.24, 2.45) is 5.92 Å². The first-order valence-corrected chi connectivity index (χ1v) is 9.18. The average molecular weight is 374 g/mol. The highest BCUT2D eigenvalue weighted by Gasteiger charge is 2.60. The summed E-state index contributed by atoms with van der Waals surface area (Å²) in [7, 11) is 3.11. The monoisotopic (exact) mass is 374 g/mol. The van der Waals surface area contributed by atoms with Crippen molar-refractivity contribution in [2.45, 2.75) is 31.1 Å². The SMILES string of the molecule is COC1(OC)[C@@H]2CC(=O)C[C@H]1N1CCCNC1=C2C(=O)c1ccc(F)cc1. The van der Waals surface area contributed by atoms with Crippen molar-refractivity contribution in [2.75, 3.05) is 27.3 Å². The van der Waals surface area contributed by atoms with Crippen molar-refractivity contribution in [1.29, 1.82) is 0 Å². The molecule has 1 aromatic rings. The Labute approximate surface area is 157 Å². The summed E-state index contributed by atoms with van der Waals surface area (Å²) in [6, 6.07) is 5.18. The molecule has 2 bridgehead atoms. The average Bonchev–Trinajstić information content (AvgIpc) is 2.68. The van der Waals surface area contributed by atoms with Crippen molar-refractivity contribution >= 4 is 11.6 Å². The zero-order valence-corrected chi connectivity index (χ0v) is 15.5. The van der Waals surface area contributed by atoms with Gasteiger partial charge in [-0.3, -0.25) is 9.59 Å². The maximum Gasteiger partial charge on any atom is 0.196 e. The first-order chi connectivity index (χ1) is 13.0. The fraction of sp³-hybridized carbons (Fsp3) is 0.500. The summed E-state index contributed by atoms with van der Waals surface area (Å²) in [6.07, 6.45) is 1.39. The Balaban J connectivity index is 1.89. The number of nitrogens with zero attached hydrogens (tertiary/aromatic N) is 1. The van der Waals surface area contributed by atoms with Crippen molar-refractivity contribution in [3.05, 3.63) is 47.0 Å². The highest BCUT2D eigenvalue weighted by Crippen LogP contribution is 2.49. The van der Waals surface area contributed by atoms with Gasteiger partial charge in [0, 0.05) is 51.3 Å². The summed E-state index contributed by atoms with van der Waals surface area (Å²) in [5.74, 6) is -1.39. The smallest absolute Gasteiger partial charge is 0.196 e. The summed E-state index contributed by atoms with van der Waals surface area (Å²) in [4.78, 5) is 27.9. The molecular weight excluding hydrogens is 351 g/mol. The van der Waals surface area contributed by atoms with E-state index in [2.05, 4.69) is 5.32 Å². The number of halogens is 1. The zero-order chi connectivity index (χ0) is 19.2. The van der Waals surface area contributed by atoms with E-state index in [1.54, 1.807) is 14.2 Å². The molecular formula is C20H23FN2O4. The molecule has 3 aliphatic rings. The quantitative estimate of drug-likeness (QED) is 0.641. The second kappa shape index (κ2) is 6.73. The highest BCUT2D eigenvalue weighted by molar-refractivity contribution is 6.10. The van der Waals surface area contributed by atoms with Crippen LogP contribution in [0, 0.1) is 11.7 Å². The molecule has 1 N–H and O–H groups in total. The Morgan fingerprint density at radius 3 is 2.59 bits per heavy atom. The number of carbonyl (C=O) groups excluding carboxylic acids is 2. The molecule has 2 aliphatic heterocycles. The van der Waals surface area contributed by atoms with Crippen LogP contribution in [0.25, 0.3) is 0 Å². The molecule has 27 heavy (non-hydrogen) atoms. The van der Waals surface area contributed by atoms with Gasteiger partial charge in [-0.1, -0.05) is 0 Å². The summed E-state index contributed by atoms with van der Waals surface area (Å²) in [6.45, 7) is 1.47. The molecule has 2 atom stereocenters. The number of ether oxygens (including phenoxy) is 2. The molecule has 0 radical (unpaired) electrons. The normalized spacial score (nSPS) is 26.5. The standard InChI is InChI=1S/C20H23FN2O4/c1-26-20(27-2)15-10-14(24)11-16(20)23-9-3-8-22-19(23)17(15)18(25)12-4-6-13(21)7-5-12/h4-7,15-16,22H,3,8-11H2,1-2H3/t15-,16-/m1/s1. The van der Waals surface area contributed by atoms with Crippen LogP contribution in [-0.2, 0) is 14.3 Å². The first-order valence-electron chi connectivity index (χ1n) is 9.18. The third-order valence-corrected chi connectivity index (χ3v) is 5.93. The second-order valence-electron chi connectivity index (χ2n) is 7.22. The molecule has 0 spiro atoms. The Bertz CT molecular complexity index is 801. The molecule has 4 rings (SSSR count). The number of hydrogen-bond acceptors (Lipinski definition) is 6. The zero-order valence-electron chi connectivity index (χ0n) is 15.5. The lowest BCUT2D eigenvalue weighted by Crippen LogP contribution is -2.68. The van der Waals surface area contributed by atoms with E-state index >= 15 is 0 Å². The van der Waals surface area contributed by atoms with Crippen LogP contribution < -0.4 is 5.32 Å². The van der Waals surface area contributed by atoms with Gasteiger partial charge in [0.2, 0.25) is 0 Å². The third-order valence-electron chi connectivity index (χ3n) is 5.93. The molecule has 7 heteroatoms. The van der Waals surface area contributed by atoms with Crippen molar-refractivity contribution in [3.8, 4) is 0 Å². The minimum atomic E-state index is -1.07. The number of hydrogen-bond donors (Lipinski definition) is 1. The largest absolute Gasteiger partial charge is 0.371 e. The molecule has 2 heterocycles. The first kappa shape index (κ1) is 18.1. The Morgan fingerprint density at radius 1 is 1.22 bits per heavy atom. The summed E-state index contributed by atoms with van der Waals surface area (Å²) < 4.78 is 25.0. The van der Waals surface area contributed by atoms with E-state index in [1.165, 1.54) is 24.3 Å². The lowest BCUT2D eigenvalue weighted by molar-refractivity contribution is -0.278. The maximum atomic E-state index is 13.4. The number of rotatable bonds is 4. The predicted molar refractivity (Wildman–Crippen MR) is 95.4 cm³/mol. The van der Waals surface area contributed by atoms with E-state index in [0.717, 1.165) is 18.8 Å². The molecule has 0 aromatic heterocycles. The number of fused-ring (bicyclic) bond motifs is 4. The molecule has 1 saturated carbocycles. The number of methoxy groups -OCH3 is 2. The van der Waals surface area contributed by atoms with Crippen LogP contribution in [0.2, 0.25) is 0 Å². The molecule has 0 amide bonds. The third kappa shape index (κ3) is 2.68. The fourth-order valence-corrected chi connectivity index (χ4v) is 4.73. The number of Topliss-reactive ketones (excluding diaryl/α,β-unsaturated/α-hetero) is 2. The number of nitrogens with one attached hydrogen (secondary N) is 1. The van der Waals surface area contributed by atoms with E-state index in [0.29, 0.717) is 24.1 Å². The van der Waals surface area contributed by atoms with Gasteiger partial charge in [0.25, 0.3) is 0 Å². The van der Waals surface area contributed by atoms with Crippen LogP contribution in [0.1, 0.15) is 29.6 Å². The molecule has 144 valence electrons. The Kier molecular flexibility index (Phi) is 4.52. The van der Waals surface area contributed by atoms with Crippen LogP contribution in [0.5, 0.6) is 0 Å².